The van der Waals surface area contributed by atoms with Crippen molar-refractivity contribution in [3.8, 4) is 0 Å². The molecule has 0 atom stereocenters. The van der Waals surface area contributed by atoms with Gasteiger partial charge in [0.15, 0.2) is 0 Å². The highest BCUT2D eigenvalue weighted by atomic mass is 79.9. The molecule has 0 radical (unpaired) electrons. The third kappa shape index (κ3) is 3.44. The number of aromatic nitrogens is 2. The molecule has 4 nitrogen and oxygen atoms in total. The molecule has 2 rings (SSSR count). The number of nitrogens with zero attached hydrogens (tertiary/aromatic N) is 3. The zero-order valence-electron chi connectivity index (χ0n) is 11.0. The predicted octanol–water partition coefficient (Wildman–Crippen LogP) is 3.24. The Kier molecular flexibility index (Phi) is 4.37. The molecular weight excluding hydrogens is 304 g/mol. The van der Waals surface area contributed by atoms with Crippen molar-refractivity contribution in [2.24, 2.45) is 0 Å². The number of nitrogen functional groups attached to an aromatic ring is 1. The molecule has 100 valence electrons. The third-order valence-electron chi connectivity index (χ3n) is 2.84. The first kappa shape index (κ1) is 13.8. The maximum atomic E-state index is 5.69. The van der Waals surface area contributed by atoms with Crippen LogP contribution in [0.5, 0.6) is 0 Å². The molecule has 0 spiro atoms. The summed E-state index contributed by atoms with van der Waals surface area (Å²) >= 11 is 3.49. The number of rotatable bonds is 4. The van der Waals surface area contributed by atoms with Gasteiger partial charge in [0.2, 0.25) is 5.95 Å². The Morgan fingerprint density at radius 1 is 1.26 bits per heavy atom. The van der Waals surface area contributed by atoms with Crippen molar-refractivity contribution in [1.29, 1.82) is 0 Å². The maximum Gasteiger partial charge on any atom is 0.222 e. The van der Waals surface area contributed by atoms with Gasteiger partial charge in [0.25, 0.3) is 0 Å². The molecule has 0 amide bonds. The monoisotopic (exact) mass is 320 g/mol. The van der Waals surface area contributed by atoms with Gasteiger partial charge in [-0.05, 0) is 35.3 Å². The smallest absolute Gasteiger partial charge is 0.222 e. The fourth-order valence-electron chi connectivity index (χ4n) is 1.85. The highest BCUT2D eigenvalue weighted by Crippen LogP contribution is 2.26. The Morgan fingerprint density at radius 2 is 1.95 bits per heavy atom. The molecule has 5 heteroatoms. The first-order valence-electron chi connectivity index (χ1n) is 6.16. The lowest BCUT2D eigenvalue weighted by Crippen LogP contribution is -2.31. The SMILES string of the molecule is CC(C)N(Cc1ccccc1)c1nc(N)ncc1Br. The van der Waals surface area contributed by atoms with Crippen LogP contribution in [0.3, 0.4) is 0 Å². The Morgan fingerprint density at radius 3 is 2.58 bits per heavy atom. The molecule has 1 aromatic carbocycles. The van der Waals surface area contributed by atoms with Gasteiger partial charge in [-0.1, -0.05) is 30.3 Å². The lowest BCUT2D eigenvalue weighted by molar-refractivity contribution is 0.670. The highest BCUT2D eigenvalue weighted by Gasteiger charge is 2.16. The summed E-state index contributed by atoms with van der Waals surface area (Å²) in [5, 5.41) is 0. The van der Waals surface area contributed by atoms with Gasteiger partial charge in [-0.2, -0.15) is 4.98 Å². The lowest BCUT2D eigenvalue weighted by Gasteiger charge is -2.28. The summed E-state index contributed by atoms with van der Waals surface area (Å²) in [5.74, 6) is 1.11. The van der Waals surface area contributed by atoms with E-state index >= 15 is 0 Å². The minimum absolute atomic E-state index is 0.289. The molecule has 0 aliphatic rings. The molecule has 2 aromatic rings. The van der Waals surface area contributed by atoms with Crippen LogP contribution in [0.15, 0.2) is 41.0 Å². The second kappa shape index (κ2) is 6.02. The lowest BCUT2D eigenvalue weighted by atomic mass is 10.2. The fraction of sp³-hybridized carbons (Fsp3) is 0.286. The molecule has 0 fully saturated rings. The highest BCUT2D eigenvalue weighted by molar-refractivity contribution is 9.10. The van der Waals surface area contributed by atoms with Crippen LogP contribution in [0, 0.1) is 0 Å². The Labute approximate surface area is 121 Å². The van der Waals surface area contributed by atoms with Crippen LogP contribution in [0.4, 0.5) is 11.8 Å². The molecule has 1 heterocycles. The predicted molar refractivity (Wildman–Crippen MR) is 81.9 cm³/mol. The topological polar surface area (TPSA) is 55.0 Å². The van der Waals surface area contributed by atoms with Crippen molar-refractivity contribution in [3.63, 3.8) is 0 Å². The normalized spacial score (nSPS) is 10.7. The second-order valence-electron chi connectivity index (χ2n) is 4.61. The van der Waals surface area contributed by atoms with Crippen LogP contribution in [0.1, 0.15) is 19.4 Å². The van der Waals surface area contributed by atoms with Crippen LogP contribution in [-0.4, -0.2) is 16.0 Å². The van der Waals surface area contributed by atoms with E-state index in [0.717, 1.165) is 16.8 Å². The van der Waals surface area contributed by atoms with Crippen LogP contribution < -0.4 is 10.6 Å². The molecule has 2 N–H and O–H groups in total. The van der Waals surface area contributed by atoms with Gasteiger partial charge in [0.05, 0.1) is 4.47 Å². The first-order valence-corrected chi connectivity index (χ1v) is 6.96. The van der Waals surface area contributed by atoms with E-state index in [1.165, 1.54) is 5.56 Å². The van der Waals surface area contributed by atoms with E-state index in [4.69, 9.17) is 5.73 Å². The minimum Gasteiger partial charge on any atom is -0.368 e. The first-order chi connectivity index (χ1) is 9.08. The van der Waals surface area contributed by atoms with Gasteiger partial charge >= 0.3 is 0 Å². The average Bonchev–Trinajstić information content (AvgIpc) is 2.40. The molecule has 0 unspecified atom stereocenters. The molecule has 0 saturated carbocycles. The fourth-order valence-corrected chi connectivity index (χ4v) is 2.27. The van der Waals surface area contributed by atoms with Crippen molar-refractivity contribution >= 4 is 27.7 Å². The van der Waals surface area contributed by atoms with Gasteiger partial charge in [-0.15, -0.1) is 0 Å². The molecule has 0 aliphatic heterocycles. The van der Waals surface area contributed by atoms with E-state index in [-0.39, 0.29) is 5.95 Å². The summed E-state index contributed by atoms with van der Waals surface area (Å²) in [7, 11) is 0. The second-order valence-corrected chi connectivity index (χ2v) is 5.46. The van der Waals surface area contributed by atoms with E-state index in [9.17, 15) is 0 Å². The Bertz CT molecular complexity index is 542. The van der Waals surface area contributed by atoms with Crippen molar-refractivity contribution in [2.75, 3.05) is 10.6 Å². The van der Waals surface area contributed by atoms with Gasteiger partial charge in [-0.3, -0.25) is 0 Å². The van der Waals surface area contributed by atoms with E-state index < -0.39 is 0 Å². The number of benzene rings is 1. The number of hydrogen-bond donors (Lipinski definition) is 1. The van der Waals surface area contributed by atoms with Crippen molar-refractivity contribution in [2.45, 2.75) is 26.4 Å². The van der Waals surface area contributed by atoms with E-state index in [1.807, 2.05) is 18.2 Å². The zero-order valence-corrected chi connectivity index (χ0v) is 12.6. The summed E-state index contributed by atoms with van der Waals surface area (Å²) in [6.07, 6.45) is 1.69. The van der Waals surface area contributed by atoms with Crippen LogP contribution in [-0.2, 0) is 6.54 Å². The van der Waals surface area contributed by atoms with Gasteiger partial charge in [0.1, 0.15) is 5.82 Å². The summed E-state index contributed by atoms with van der Waals surface area (Å²) in [6, 6.07) is 10.6. The minimum atomic E-state index is 0.289. The molecule has 1 aromatic heterocycles. The Hall–Kier alpha value is -1.62. The zero-order chi connectivity index (χ0) is 13.8. The van der Waals surface area contributed by atoms with Crippen LogP contribution >= 0.6 is 15.9 Å². The van der Waals surface area contributed by atoms with E-state index in [1.54, 1.807) is 6.20 Å². The average molecular weight is 321 g/mol. The number of hydrogen-bond acceptors (Lipinski definition) is 4. The Balaban J connectivity index is 2.32. The molecule has 19 heavy (non-hydrogen) atoms. The third-order valence-corrected chi connectivity index (χ3v) is 3.39. The summed E-state index contributed by atoms with van der Waals surface area (Å²) in [4.78, 5) is 10.5. The van der Waals surface area contributed by atoms with Crippen molar-refractivity contribution in [3.05, 3.63) is 46.6 Å². The number of anilines is 2. The molecule has 0 bridgehead atoms. The quantitative estimate of drug-likeness (QED) is 0.939. The van der Waals surface area contributed by atoms with Crippen molar-refractivity contribution < 1.29 is 0 Å². The number of nitrogens with two attached hydrogens (primary N) is 1. The van der Waals surface area contributed by atoms with Crippen LogP contribution in [0.25, 0.3) is 0 Å². The van der Waals surface area contributed by atoms with E-state index in [2.05, 4.69) is 56.8 Å². The van der Waals surface area contributed by atoms with Gasteiger partial charge < -0.3 is 10.6 Å². The maximum absolute atomic E-state index is 5.69. The van der Waals surface area contributed by atoms with E-state index in [0.29, 0.717) is 6.04 Å². The molecular formula is C14H17BrN4. The van der Waals surface area contributed by atoms with Gasteiger partial charge in [0, 0.05) is 18.8 Å². The standard InChI is InChI=1S/C14H17BrN4/c1-10(2)19(9-11-6-4-3-5-7-11)13-12(15)8-17-14(16)18-13/h3-8,10H,9H2,1-2H3,(H2,16,17,18). The number of halogens is 1. The largest absolute Gasteiger partial charge is 0.368 e. The molecule has 0 aliphatic carbocycles. The van der Waals surface area contributed by atoms with Gasteiger partial charge in [-0.25, -0.2) is 4.98 Å². The summed E-state index contributed by atoms with van der Waals surface area (Å²) < 4.78 is 0.853. The van der Waals surface area contributed by atoms with Crippen LogP contribution in [0.2, 0.25) is 0 Å². The molecule has 0 saturated heterocycles. The summed E-state index contributed by atoms with van der Waals surface area (Å²) in [5.41, 5.74) is 6.93. The summed E-state index contributed by atoms with van der Waals surface area (Å²) in [6.45, 7) is 5.05. The van der Waals surface area contributed by atoms with Crippen molar-refractivity contribution in [1.82, 2.24) is 9.97 Å².